The van der Waals surface area contributed by atoms with Gasteiger partial charge < -0.3 is 11.1 Å². The molecule has 0 fully saturated rings. The lowest BCUT2D eigenvalue weighted by molar-refractivity contribution is 0.0995. The maximum absolute atomic E-state index is 13.5. The number of carbonyl (C=O) groups excluding carboxylic acids is 2. The third kappa shape index (κ3) is 2.77. The van der Waals surface area contributed by atoms with E-state index in [0.29, 0.717) is 0 Å². The molecule has 2 aromatic rings. The zero-order chi connectivity index (χ0) is 14.7. The van der Waals surface area contributed by atoms with Crippen molar-refractivity contribution in [3.05, 3.63) is 59.4 Å². The first-order valence-electron chi connectivity index (χ1n) is 5.50. The molecule has 0 radical (unpaired) electrons. The number of benzene rings is 1. The maximum atomic E-state index is 13.5. The first kappa shape index (κ1) is 13.6. The molecule has 20 heavy (non-hydrogen) atoms. The van der Waals surface area contributed by atoms with Gasteiger partial charge in [0.1, 0.15) is 5.82 Å². The number of nitrogens with two attached hydrogens (primary N) is 1. The molecule has 2 rings (SSSR count). The third-order valence-electron chi connectivity index (χ3n) is 2.50. The molecule has 102 valence electrons. The second-order valence-electron chi connectivity index (χ2n) is 3.85. The molecule has 0 unspecified atom stereocenters. The largest absolute Gasteiger partial charge is 0.366 e. The topological polar surface area (TPSA) is 85.1 Å². The Morgan fingerprint density at radius 3 is 2.60 bits per heavy atom. The van der Waals surface area contributed by atoms with E-state index < -0.39 is 23.6 Å². The van der Waals surface area contributed by atoms with Gasteiger partial charge in [-0.3, -0.25) is 9.59 Å². The second kappa shape index (κ2) is 5.43. The molecule has 7 heteroatoms. The van der Waals surface area contributed by atoms with Gasteiger partial charge in [-0.25, -0.2) is 9.37 Å². The average Bonchev–Trinajstić information content (AvgIpc) is 2.41. The number of pyridine rings is 1. The normalized spacial score (nSPS) is 10.1. The summed E-state index contributed by atoms with van der Waals surface area (Å²) < 4.78 is 26.8. The highest BCUT2D eigenvalue weighted by atomic mass is 19.1. The van der Waals surface area contributed by atoms with E-state index in [-0.39, 0.29) is 16.8 Å². The van der Waals surface area contributed by atoms with Crippen LogP contribution in [0.4, 0.5) is 14.5 Å². The minimum atomic E-state index is -0.975. The van der Waals surface area contributed by atoms with Crippen LogP contribution in [0.1, 0.15) is 20.7 Å². The first-order valence-corrected chi connectivity index (χ1v) is 5.50. The van der Waals surface area contributed by atoms with Crippen molar-refractivity contribution in [2.75, 3.05) is 5.32 Å². The molecule has 1 aromatic carbocycles. The Hall–Kier alpha value is -2.83. The Balaban J connectivity index is 2.30. The van der Waals surface area contributed by atoms with Crippen LogP contribution >= 0.6 is 0 Å². The number of halogens is 2. The predicted molar refractivity (Wildman–Crippen MR) is 67.1 cm³/mol. The van der Waals surface area contributed by atoms with E-state index >= 15 is 0 Å². The summed E-state index contributed by atoms with van der Waals surface area (Å²) in [6, 6.07) is 5.80. The fourth-order valence-corrected chi connectivity index (χ4v) is 1.52. The summed E-state index contributed by atoms with van der Waals surface area (Å²) in [5, 5.41) is 2.16. The van der Waals surface area contributed by atoms with Gasteiger partial charge in [-0.05, 0) is 30.3 Å². The summed E-state index contributed by atoms with van der Waals surface area (Å²) in [6.07, 6.45) is 1.18. The van der Waals surface area contributed by atoms with Crippen molar-refractivity contribution in [2.24, 2.45) is 5.73 Å². The minimum Gasteiger partial charge on any atom is -0.366 e. The van der Waals surface area contributed by atoms with Crippen molar-refractivity contribution in [3.8, 4) is 0 Å². The quantitative estimate of drug-likeness (QED) is 0.837. The molecule has 0 aliphatic heterocycles. The molecule has 0 atom stereocenters. The van der Waals surface area contributed by atoms with E-state index in [4.69, 9.17) is 5.73 Å². The third-order valence-corrected chi connectivity index (χ3v) is 2.50. The van der Waals surface area contributed by atoms with E-state index in [1.807, 2.05) is 0 Å². The Bertz CT molecular complexity index is 689. The van der Waals surface area contributed by atoms with Crippen LogP contribution in [0.25, 0.3) is 0 Å². The molecule has 0 spiro atoms. The molecular formula is C13H9F2N3O2. The van der Waals surface area contributed by atoms with Crippen LogP contribution in [-0.2, 0) is 0 Å². The monoisotopic (exact) mass is 277 g/mol. The molecule has 2 amide bonds. The van der Waals surface area contributed by atoms with Crippen molar-refractivity contribution >= 4 is 17.5 Å². The van der Waals surface area contributed by atoms with Crippen LogP contribution in [0.5, 0.6) is 0 Å². The Kier molecular flexibility index (Phi) is 3.69. The smallest absolute Gasteiger partial charge is 0.260 e. The van der Waals surface area contributed by atoms with Gasteiger partial charge in [-0.15, -0.1) is 0 Å². The van der Waals surface area contributed by atoms with Crippen molar-refractivity contribution in [2.45, 2.75) is 0 Å². The van der Waals surface area contributed by atoms with E-state index in [1.54, 1.807) is 0 Å². The predicted octanol–water partition coefficient (Wildman–Crippen LogP) is 1.71. The molecule has 3 N–H and O–H groups in total. The van der Waals surface area contributed by atoms with E-state index in [9.17, 15) is 18.4 Å². The fourth-order valence-electron chi connectivity index (χ4n) is 1.52. The van der Waals surface area contributed by atoms with Gasteiger partial charge in [0.2, 0.25) is 11.9 Å². The summed E-state index contributed by atoms with van der Waals surface area (Å²) >= 11 is 0. The molecule has 1 aromatic heterocycles. The van der Waals surface area contributed by atoms with Gasteiger partial charge in [0, 0.05) is 11.8 Å². The van der Waals surface area contributed by atoms with Crippen molar-refractivity contribution in [3.63, 3.8) is 0 Å². The van der Waals surface area contributed by atoms with E-state index in [2.05, 4.69) is 10.3 Å². The van der Waals surface area contributed by atoms with Gasteiger partial charge in [-0.2, -0.15) is 4.39 Å². The molecular weight excluding hydrogens is 268 g/mol. The van der Waals surface area contributed by atoms with Gasteiger partial charge in [-0.1, -0.05) is 0 Å². The fraction of sp³-hybridized carbons (Fsp3) is 0. The Morgan fingerprint density at radius 2 is 1.95 bits per heavy atom. The highest BCUT2D eigenvalue weighted by Gasteiger charge is 2.15. The number of hydrogen-bond donors (Lipinski definition) is 2. The molecule has 0 bridgehead atoms. The SMILES string of the molecule is NC(=O)c1ccc(F)c(NC(=O)c2cccnc2F)c1. The number of nitrogens with zero attached hydrogens (tertiary/aromatic N) is 1. The molecule has 0 saturated heterocycles. The standard InChI is InChI=1S/C13H9F2N3O2/c14-9-4-3-7(12(16)19)6-10(9)18-13(20)8-2-1-5-17-11(8)15/h1-6H,(H2,16,19)(H,18,20). The highest BCUT2D eigenvalue weighted by molar-refractivity contribution is 6.05. The molecule has 1 heterocycles. The number of amides is 2. The van der Waals surface area contributed by atoms with E-state index in [0.717, 1.165) is 12.1 Å². The lowest BCUT2D eigenvalue weighted by atomic mass is 10.1. The summed E-state index contributed by atoms with van der Waals surface area (Å²) in [5.74, 6) is -3.40. The zero-order valence-corrected chi connectivity index (χ0v) is 10.1. The summed E-state index contributed by atoms with van der Waals surface area (Å²) in [6.45, 7) is 0. The van der Waals surface area contributed by atoms with Crippen LogP contribution < -0.4 is 11.1 Å². The Morgan fingerprint density at radius 1 is 1.20 bits per heavy atom. The number of hydrogen-bond acceptors (Lipinski definition) is 3. The number of nitrogens with one attached hydrogen (secondary N) is 1. The van der Waals surface area contributed by atoms with Crippen LogP contribution in [0.15, 0.2) is 36.5 Å². The lowest BCUT2D eigenvalue weighted by Crippen LogP contribution is -2.17. The number of aromatic nitrogens is 1. The highest BCUT2D eigenvalue weighted by Crippen LogP contribution is 2.17. The summed E-state index contributed by atoms with van der Waals surface area (Å²) in [7, 11) is 0. The zero-order valence-electron chi connectivity index (χ0n) is 10.1. The maximum Gasteiger partial charge on any atom is 0.260 e. The van der Waals surface area contributed by atoms with Crippen LogP contribution in [0, 0.1) is 11.8 Å². The van der Waals surface area contributed by atoms with Gasteiger partial charge in [0.25, 0.3) is 5.91 Å². The van der Waals surface area contributed by atoms with Gasteiger partial charge in [0.05, 0.1) is 11.3 Å². The number of anilines is 1. The minimum absolute atomic E-state index is 0.0216. The van der Waals surface area contributed by atoms with Crippen molar-refractivity contribution in [1.29, 1.82) is 0 Å². The van der Waals surface area contributed by atoms with Crippen LogP contribution in [-0.4, -0.2) is 16.8 Å². The number of rotatable bonds is 3. The van der Waals surface area contributed by atoms with Gasteiger partial charge in [0.15, 0.2) is 0 Å². The van der Waals surface area contributed by atoms with Crippen molar-refractivity contribution < 1.29 is 18.4 Å². The second-order valence-corrected chi connectivity index (χ2v) is 3.85. The molecule has 5 nitrogen and oxygen atoms in total. The summed E-state index contributed by atoms with van der Waals surface area (Å²) in [4.78, 5) is 26.1. The molecule has 0 aliphatic carbocycles. The first-order chi connectivity index (χ1) is 9.49. The van der Waals surface area contributed by atoms with Crippen LogP contribution in [0.3, 0.4) is 0 Å². The Labute approximate surface area is 112 Å². The number of carbonyl (C=O) groups is 2. The van der Waals surface area contributed by atoms with Gasteiger partial charge >= 0.3 is 0 Å². The molecule has 0 saturated carbocycles. The number of primary amides is 1. The van der Waals surface area contributed by atoms with Crippen LogP contribution in [0.2, 0.25) is 0 Å². The summed E-state index contributed by atoms with van der Waals surface area (Å²) in [5.41, 5.74) is 4.47. The van der Waals surface area contributed by atoms with Crippen molar-refractivity contribution in [1.82, 2.24) is 4.98 Å². The molecule has 0 aliphatic rings. The average molecular weight is 277 g/mol. The lowest BCUT2D eigenvalue weighted by Gasteiger charge is -2.07. The van der Waals surface area contributed by atoms with E-state index in [1.165, 1.54) is 24.4 Å².